The first-order chi connectivity index (χ1) is 16.3. The maximum absolute atomic E-state index is 7.46. The molecule has 1 saturated heterocycles. The van der Waals surface area contributed by atoms with Crippen LogP contribution >= 0.6 is 0 Å². The summed E-state index contributed by atoms with van der Waals surface area (Å²) >= 11 is 0. The summed E-state index contributed by atoms with van der Waals surface area (Å²) in [7, 11) is 0. The van der Waals surface area contributed by atoms with E-state index in [4.69, 9.17) is 31.8 Å². The Morgan fingerprint density at radius 1 is 0.706 bits per heavy atom. The first-order valence-corrected chi connectivity index (χ1v) is 11.9. The minimum atomic E-state index is 0.0708. The Kier molecular flexibility index (Phi) is 9.30. The van der Waals surface area contributed by atoms with Gasteiger partial charge in [0, 0.05) is 62.2 Å². The van der Waals surface area contributed by atoms with Crippen LogP contribution in [0.2, 0.25) is 0 Å². The number of hydrogen-bond acceptors (Lipinski definition) is 6. The molecule has 1 aliphatic heterocycles. The van der Waals surface area contributed by atoms with Crippen molar-refractivity contribution in [3.8, 4) is 11.5 Å². The maximum Gasteiger partial charge on any atom is 0.122 e. The molecule has 0 aliphatic carbocycles. The van der Waals surface area contributed by atoms with Crippen molar-refractivity contribution in [2.45, 2.75) is 13.8 Å². The second kappa shape index (κ2) is 12.4. The van der Waals surface area contributed by atoms with Gasteiger partial charge >= 0.3 is 0 Å². The van der Waals surface area contributed by atoms with Gasteiger partial charge in [0.15, 0.2) is 0 Å². The van der Waals surface area contributed by atoms with Crippen LogP contribution in [0.15, 0.2) is 48.5 Å². The summed E-state index contributed by atoms with van der Waals surface area (Å²) in [5, 5.41) is 14.9. The summed E-state index contributed by atoms with van der Waals surface area (Å²) in [6, 6.07) is 14.7. The molecule has 2 unspecified atom stereocenters. The van der Waals surface area contributed by atoms with Crippen molar-refractivity contribution in [1.29, 1.82) is 10.8 Å². The average molecular weight is 467 g/mol. The van der Waals surface area contributed by atoms with E-state index in [1.54, 1.807) is 0 Å². The molecule has 1 heterocycles. The summed E-state index contributed by atoms with van der Waals surface area (Å²) < 4.78 is 11.8. The molecule has 34 heavy (non-hydrogen) atoms. The number of rotatable bonds is 12. The lowest BCUT2D eigenvalue weighted by molar-refractivity contribution is 0.0922. The van der Waals surface area contributed by atoms with Crippen molar-refractivity contribution in [3.63, 3.8) is 0 Å². The smallest absolute Gasteiger partial charge is 0.122 e. The Balaban J connectivity index is 1.31. The lowest BCUT2D eigenvalue weighted by atomic mass is 10.1. The van der Waals surface area contributed by atoms with Gasteiger partial charge in [-0.15, -0.1) is 0 Å². The molecule has 2 aromatic carbocycles. The van der Waals surface area contributed by atoms with Gasteiger partial charge in [-0.2, -0.15) is 0 Å². The molecule has 3 rings (SSSR count). The predicted molar refractivity (Wildman–Crippen MR) is 137 cm³/mol. The van der Waals surface area contributed by atoms with Crippen LogP contribution in [0.25, 0.3) is 0 Å². The summed E-state index contributed by atoms with van der Waals surface area (Å²) in [5.74, 6) is 2.63. The molecular weight excluding hydrogens is 428 g/mol. The van der Waals surface area contributed by atoms with Crippen LogP contribution in [0.5, 0.6) is 11.5 Å². The topological polar surface area (TPSA) is 125 Å². The van der Waals surface area contributed by atoms with Crippen molar-refractivity contribution < 1.29 is 9.47 Å². The number of nitrogens with zero attached hydrogens (tertiary/aromatic N) is 2. The molecule has 1 aliphatic rings. The monoisotopic (exact) mass is 466 g/mol. The van der Waals surface area contributed by atoms with Gasteiger partial charge in [-0.3, -0.25) is 10.8 Å². The molecular formula is C26H38N6O2. The van der Waals surface area contributed by atoms with Gasteiger partial charge in [-0.25, -0.2) is 0 Å². The Morgan fingerprint density at radius 2 is 1.03 bits per heavy atom. The van der Waals surface area contributed by atoms with Crippen LogP contribution in [-0.4, -0.2) is 74.0 Å². The van der Waals surface area contributed by atoms with Crippen LogP contribution in [0, 0.1) is 22.7 Å². The summed E-state index contributed by atoms with van der Waals surface area (Å²) in [6.07, 6.45) is 0. The molecule has 6 N–H and O–H groups in total. The number of benzene rings is 2. The normalized spacial score (nSPS) is 16.5. The quantitative estimate of drug-likeness (QED) is 0.281. The second-order valence-corrected chi connectivity index (χ2v) is 9.31. The van der Waals surface area contributed by atoms with E-state index >= 15 is 0 Å². The zero-order valence-corrected chi connectivity index (χ0v) is 20.3. The number of amidine groups is 2. The SMILES string of the molecule is CC(COc1ccc(C(=N)N)cc1)CN1CCN(CC(C)COc2ccc(C(=N)N)cc2)CC1. The van der Waals surface area contributed by atoms with Crippen LogP contribution in [0.3, 0.4) is 0 Å². The fourth-order valence-electron chi connectivity index (χ4n) is 4.08. The minimum absolute atomic E-state index is 0.0708. The molecule has 2 aromatic rings. The number of nitrogens with one attached hydrogen (secondary N) is 2. The van der Waals surface area contributed by atoms with E-state index in [0.29, 0.717) is 36.2 Å². The van der Waals surface area contributed by atoms with E-state index in [2.05, 4.69) is 23.6 Å². The minimum Gasteiger partial charge on any atom is -0.493 e. The van der Waals surface area contributed by atoms with Crippen LogP contribution < -0.4 is 20.9 Å². The lowest BCUT2D eigenvalue weighted by Gasteiger charge is -2.37. The van der Waals surface area contributed by atoms with Gasteiger partial charge in [-0.05, 0) is 48.5 Å². The average Bonchev–Trinajstić information content (AvgIpc) is 2.83. The van der Waals surface area contributed by atoms with Gasteiger partial charge in [0.05, 0.1) is 13.2 Å². The third-order valence-electron chi connectivity index (χ3n) is 6.00. The number of ether oxygens (including phenoxy) is 2. The number of hydrogen-bond donors (Lipinski definition) is 4. The third-order valence-corrected chi connectivity index (χ3v) is 6.00. The molecule has 0 bridgehead atoms. The first kappa shape index (κ1) is 25.5. The van der Waals surface area contributed by atoms with Crippen molar-refractivity contribution in [3.05, 3.63) is 59.7 Å². The zero-order chi connectivity index (χ0) is 24.5. The fourth-order valence-corrected chi connectivity index (χ4v) is 4.08. The van der Waals surface area contributed by atoms with Crippen LogP contribution in [-0.2, 0) is 0 Å². The van der Waals surface area contributed by atoms with E-state index in [1.807, 2.05) is 48.5 Å². The van der Waals surface area contributed by atoms with Crippen LogP contribution in [0.4, 0.5) is 0 Å². The highest BCUT2D eigenvalue weighted by atomic mass is 16.5. The molecule has 8 nitrogen and oxygen atoms in total. The molecule has 2 atom stereocenters. The standard InChI is InChI=1S/C26H38N6O2/c1-19(17-33-23-7-3-21(4-8-23)25(27)28)15-31-11-13-32(14-12-31)16-20(2)18-34-24-9-5-22(6-10-24)26(29)30/h3-10,19-20H,11-18H2,1-2H3,(H3,27,28)(H3,29,30). The molecule has 0 radical (unpaired) electrons. The highest BCUT2D eigenvalue weighted by Crippen LogP contribution is 2.16. The fraction of sp³-hybridized carbons (Fsp3) is 0.462. The third kappa shape index (κ3) is 8.04. The second-order valence-electron chi connectivity index (χ2n) is 9.31. The van der Waals surface area contributed by atoms with Crippen molar-refractivity contribution in [2.24, 2.45) is 23.3 Å². The van der Waals surface area contributed by atoms with E-state index in [1.165, 1.54) is 0 Å². The molecule has 0 saturated carbocycles. The van der Waals surface area contributed by atoms with E-state index in [0.717, 1.165) is 50.8 Å². The van der Waals surface area contributed by atoms with Crippen LogP contribution in [0.1, 0.15) is 25.0 Å². The molecule has 8 heteroatoms. The van der Waals surface area contributed by atoms with E-state index in [-0.39, 0.29) is 11.7 Å². The van der Waals surface area contributed by atoms with E-state index in [9.17, 15) is 0 Å². The number of nitrogen functional groups attached to an aromatic ring is 2. The lowest BCUT2D eigenvalue weighted by Crippen LogP contribution is -2.49. The highest BCUT2D eigenvalue weighted by Gasteiger charge is 2.20. The van der Waals surface area contributed by atoms with Gasteiger partial charge < -0.3 is 30.7 Å². The van der Waals surface area contributed by atoms with E-state index < -0.39 is 0 Å². The molecule has 0 amide bonds. The highest BCUT2D eigenvalue weighted by molar-refractivity contribution is 5.95. The summed E-state index contributed by atoms with van der Waals surface area (Å²) in [6.45, 7) is 12.1. The summed E-state index contributed by atoms with van der Waals surface area (Å²) in [4.78, 5) is 5.03. The van der Waals surface area contributed by atoms with Gasteiger partial charge in [0.1, 0.15) is 23.2 Å². The predicted octanol–water partition coefficient (Wildman–Crippen LogP) is 2.60. The van der Waals surface area contributed by atoms with Gasteiger partial charge in [0.25, 0.3) is 0 Å². The molecule has 184 valence electrons. The Morgan fingerprint density at radius 3 is 1.32 bits per heavy atom. The number of nitrogens with two attached hydrogens (primary N) is 2. The van der Waals surface area contributed by atoms with Crippen molar-refractivity contribution >= 4 is 11.7 Å². The Hall–Kier alpha value is -3.10. The molecule has 1 fully saturated rings. The molecule has 0 spiro atoms. The first-order valence-electron chi connectivity index (χ1n) is 11.9. The molecule has 0 aromatic heterocycles. The van der Waals surface area contributed by atoms with Gasteiger partial charge in [-0.1, -0.05) is 13.8 Å². The van der Waals surface area contributed by atoms with Crippen molar-refractivity contribution in [2.75, 3.05) is 52.5 Å². The Bertz CT molecular complexity index is 846. The largest absolute Gasteiger partial charge is 0.493 e. The number of piperazine rings is 1. The zero-order valence-electron chi connectivity index (χ0n) is 20.3. The summed E-state index contributed by atoms with van der Waals surface area (Å²) in [5.41, 5.74) is 12.4. The maximum atomic E-state index is 7.46. The van der Waals surface area contributed by atoms with Gasteiger partial charge in [0.2, 0.25) is 0 Å². The van der Waals surface area contributed by atoms with Crippen molar-refractivity contribution in [1.82, 2.24) is 9.80 Å². The Labute approximate surface area is 202 Å².